The molecular formula is C10H10O8. The minimum absolute atomic E-state index is 0.0738. The molecule has 0 spiro atoms. The maximum absolute atomic E-state index is 11.3. The second-order valence-electron chi connectivity index (χ2n) is 3.45. The summed E-state index contributed by atoms with van der Waals surface area (Å²) < 4.78 is 0. The van der Waals surface area contributed by atoms with Gasteiger partial charge in [-0.05, 0) is 25.0 Å². The maximum atomic E-state index is 11.3. The van der Waals surface area contributed by atoms with E-state index < -0.39 is 34.6 Å². The van der Waals surface area contributed by atoms with Gasteiger partial charge >= 0.3 is 11.9 Å². The highest BCUT2D eigenvalue weighted by atomic mass is 17.1. The predicted octanol–water partition coefficient (Wildman–Crippen LogP) is 0.974. The normalized spacial score (nSPS) is 10.0. The summed E-state index contributed by atoms with van der Waals surface area (Å²) in [5.74, 6) is -4.43. The highest BCUT2D eigenvalue weighted by Crippen LogP contribution is 2.38. The molecule has 0 unspecified atom stereocenters. The van der Waals surface area contributed by atoms with Crippen molar-refractivity contribution in [1.82, 2.24) is 0 Å². The molecule has 0 radical (unpaired) electrons. The number of hydrogen-bond donors (Lipinski definition) is 4. The van der Waals surface area contributed by atoms with Crippen LogP contribution in [0.25, 0.3) is 0 Å². The zero-order chi connectivity index (χ0) is 14.0. The Balaban J connectivity index is 3.75. The fourth-order valence-corrected chi connectivity index (χ4v) is 1.51. The van der Waals surface area contributed by atoms with Gasteiger partial charge in [0.15, 0.2) is 11.5 Å². The molecule has 1 rings (SSSR count). The summed E-state index contributed by atoms with van der Waals surface area (Å²) in [6.07, 6.45) is 0. The Bertz CT molecular complexity index is 472. The SMILES string of the molecule is Cc1c(C)c(C(=O)OO)c(C(=O)OO)c(O)c1O. The van der Waals surface area contributed by atoms with E-state index >= 15 is 0 Å². The molecule has 0 aliphatic heterocycles. The highest BCUT2D eigenvalue weighted by Gasteiger charge is 2.30. The van der Waals surface area contributed by atoms with Gasteiger partial charge in [0.25, 0.3) is 0 Å². The van der Waals surface area contributed by atoms with Gasteiger partial charge in [0.1, 0.15) is 5.56 Å². The highest BCUT2D eigenvalue weighted by molar-refractivity contribution is 6.06. The number of aromatic hydroxyl groups is 2. The number of carbonyl (C=O) groups is 2. The molecule has 0 bridgehead atoms. The molecule has 0 heterocycles. The molecule has 0 fully saturated rings. The van der Waals surface area contributed by atoms with Crippen molar-refractivity contribution in [3.63, 3.8) is 0 Å². The molecule has 0 atom stereocenters. The summed E-state index contributed by atoms with van der Waals surface area (Å²) in [7, 11) is 0. The molecule has 4 N–H and O–H groups in total. The second kappa shape index (κ2) is 4.90. The molecule has 8 heteroatoms. The van der Waals surface area contributed by atoms with Crippen LogP contribution in [0.5, 0.6) is 11.5 Å². The first-order valence-corrected chi connectivity index (χ1v) is 4.63. The summed E-state index contributed by atoms with van der Waals surface area (Å²) >= 11 is 0. The van der Waals surface area contributed by atoms with Crippen molar-refractivity contribution in [1.29, 1.82) is 0 Å². The summed E-state index contributed by atoms with van der Waals surface area (Å²) in [4.78, 5) is 29.5. The Labute approximate surface area is 100 Å². The van der Waals surface area contributed by atoms with Crippen LogP contribution in [-0.4, -0.2) is 32.7 Å². The van der Waals surface area contributed by atoms with Gasteiger partial charge in [0.2, 0.25) is 0 Å². The van der Waals surface area contributed by atoms with Gasteiger partial charge in [0, 0.05) is 0 Å². The Morgan fingerprint density at radius 3 is 1.72 bits per heavy atom. The lowest BCUT2D eigenvalue weighted by molar-refractivity contribution is -0.185. The maximum Gasteiger partial charge on any atom is 0.377 e. The van der Waals surface area contributed by atoms with E-state index in [1.807, 2.05) is 0 Å². The molecule has 0 aliphatic carbocycles. The lowest BCUT2D eigenvalue weighted by Gasteiger charge is -2.14. The summed E-state index contributed by atoms with van der Waals surface area (Å²) in [6, 6.07) is 0. The van der Waals surface area contributed by atoms with Crippen LogP contribution in [0, 0.1) is 13.8 Å². The number of phenolic OH excluding ortho intramolecular Hbond substituents is 2. The van der Waals surface area contributed by atoms with Crippen LogP contribution in [-0.2, 0) is 9.78 Å². The average molecular weight is 258 g/mol. The first-order chi connectivity index (χ1) is 8.36. The van der Waals surface area contributed by atoms with Crippen LogP contribution in [0.15, 0.2) is 0 Å². The smallest absolute Gasteiger partial charge is 0.377 e. The van der Waals surface area contributed by atoms with E-state index in [4.69, 9.17) is 10.5 Å². The summed E-state index contributed by atoms with van der Waals surface area (Å²) in [6.45, 7) is 2.71. The monoisotopic (exact) mass is 258 g/mol. The topological polar surface area (TPSA) is 134 Å². The Kier molecular flexibility index (Phi) is 3.74. The molecule has 0 saturated carbocycles. The van der Waals surface area contributed by atoms with E-state index in [2.05, 4.69) is 9.78 Å². The van der Waals surface area contributed by atoms with E-state index in [1.54, 1.807) is 0 Å². The Morgan fingerprint density at radius 2 is 1.28 bits per heavy atom. The third-order valence-electron chi connectivity index (χ3n) is 2.58. The molecule has 0 amide bonds. The van der Waals surface area contributed by atoms with Crippen molar-refractivity contribution in [3.8, 4) is 11.5 Å². The lowest BCUT2D eigenvalue weighted by Crippen LogP contribution is -2.15. The van der Waals surface area contributed by atoms with Gasteiger partial charge in [-0.1, -0.05) is 0 Å². The zero-order valence-electron chi connectivity index (χ0n) is 9.42. The van der Waals surface area contributed by atoms with Crippen molar-refractivity contribution >= 4 is 11.9 Å². The van der Waals surface area contributed by atoms with E-state index in [0.29, 0.717) is 0 Å². The fourth-order valence-electron chi connectivity index (χ4n) is 1.51. The van der Waals surface area contributed by atoms with E-state index in [9.17, 15) is 19.8 Å². The third kappa shape index (κ3) is 1.94. The molecule has 1 aromatic carbocycles. The molecular weight excluding hydrogens is 248 g/mol. The van der Waals surface area contributed by atoms with Crippen molar-refractivity contribution in [2.45, 2.75) is 13.8 Å². The third-order valence-corrected chi connectivity index (χ3v) is 2.58. The van der Waals surface area contributed by atoms with E-state index in [0.717, 1.165) is 0 Å². The number of phenols is 2. The van der Waals surface area contributed by atoms with Crippen LogP contribution < -0.4 is 0 Å². The van der Waals surface area contributed by atoms with Crippen LogP contribution in [0.4, 0.5) is 0 Å². The van der Waals surface area contributed by atoms with Crippen LogP contribution >= 0.6 is 0 Å². The quantitative estimate of drug-likeness (QED) is 0.350. The lowest BCUT2D eigenvalue weighted by atomic mass is 9.95. The second-order valence-corrected chi connectivity index (χ2v) is 3.45. The van der Waals surface area contributed by atoms with Gasteiger partial charge in [0.05, 0.1) is 5.56 Å². The van der Waals surface area contributed by atoms with Crippen LogP contribution in [0.2, 0.25) is 0 Å². The first kappa shape index (κ1) is 13.7. The Morgan fingerprint density at radius 1 is 0.833 bits per heavy atom. The van der Waals surface area contributed by atoms with Crippen molar-refractivity contribution in [3.05, 3.63) is 22.3 Å². The molecule has 98 valence electrons. The van der Waals surface area contributed by atoms with Gasteiger partial charge < -0.3 is 10.2 Å². The predicted molar refractivity (Wildman–Crippen MR) is 55.3 cm³/mol. The molecule has 0 saturated heterocycles. The molecule has 18 heavy (non-hydrogen) atoms. The number of rotatable bonds is 2. The van der Waals surface area contributed by atoms with E-state index in [1.165, 1.54) is 13.8 Å². The minimum Gasteiger partial charge on any atom is -0.504 e. The standard InChI is InChI=1S/C10H10O8/c1-3-4(2)7(11)8(12)6(10(14)18-16)5(3)9(13)17-15/h11-12,15-16H,1-2H3. The molecule has 0 aromatic heterocycles. The summed E-state index contributed by atoms with van der Waals surface area (Å²) in [5.41, 5.74) is -1.16. The van der Waals surface area contributed by atoms with Crippen molar-refractivity contribution in [2.24, 2.45) is 0 Å². The number of benzene rings is 1. The van der Waals surface area contributed by atoms with Crippen LogP contribution in [0.3, 0.4) is 0 Å². The van der Waals surface area contributed by atoms with Gasteiger partial charge in [-0.3, -0.25) is 9.78 Å². The van der Waals surface area contributed by atoms with Gasteiger partial charge in [-0.25, -0.2) is 9.59 Å². The van der Waals surface area contributed by atoms with Crippen molar-refractivity contribution < 1.29 is 40.1 Å². The minimum atomic E-state index is -1.48. The molecule has 1 aromatic rings. The fraction of sp³-hybridized carbons (Fsp3) is 0.200. The van der Waals surface area contributed by atoms with E-state index in [-0.39, 0.29) is 11.1 Å². The van der Waals surface area contributed by atoms with Crippen molar-refractivity contribution in [2.75, 3.05) is 0 Å². The van der Waals surface area contributed by atoms with Gasteiger partial charge in [-0.2, -0.15) is 10.5 Å². The van der Waals surface area contributed by atoms with Crippen LogP contribution in [0.1, 0.15) is 31.8 Å². The number of hydrogen-bond acceptors (Lipinski definition) is 8. The number of carbonyl (C=O) groups excluding carboxylic acids is 2. The molecule has 0 aliphatic rings. The zero-order valence-corrected chi connectivity index (χ0v) is 9.42. The summed E-state index contributed by atoms with van der Waals surface area (Å²) in [5, 5.41) is 35.7. The van der Waals surface area contributed by atoms with Gasteiger partial charge in [-0.15, -0.1) is 0 Å². The Hall–Kier alpha value is -2.32. The molecule has 8 nitrogen and oxygen atoms in total. The first-order valence-electron chi connectivity index (χ1n) is 4.63. The average Bonchev–Trinajstić information content (AvgIpc) is 2.38. The largest absolute Gasteiger partial charge is 0.504 e.